The van der Waals surface area contributed by atoms with Crippen molar-refractivity contribution in [2.24, 2.45) is 0 Å². The second-order valence-corrected chi connectivity index (χ2v) is 15.0. The summed E-state index contributed by atoms with van der Waals surface area (Å²) in [5, 5.41) is 0. The molecule has 5 heteroatoms. The van der Waals surface area contributed by atoms with Crippen LogP contribution in [-0.2, 0) is 0 Å². The molecule has 0 saturated carbocycles. The van der Waals surface area contributed by atoms with Crippen LogP contribution in [0.1, 0.15) is 76.0 Å². The van der Waals surface area contributed by atoms with Gasteiger partial charge in [0.1, 0.15) is 23.0 Å². The minimum Gasteiger partial charge on any atom is -0.458 e. The Morgan fingerprint density at radius 2 is 1.00 bits per heavy atom. The summed E-state index contributed by atoms with van der Waals surface area (Å²) in [7, 11) is 0. The van der Waals surface area contributed by atoms with Crippen LogP contribution in [0, 0.1) is 0 Å². The molecule has 0 aliphatic carbocycles. The first-order chi connectivity index (χ1) is 24.3. The van der Waals surface area contributed by atoms with E-state index in [4.69, 9.17) is 9.47 Å². The zero-order valence-corrected chi connectivity index (χ0v) is 29.7. The first-order valence-corrected chi connectivity index (χ1v) is 18.2. The molecular weight excluding hydrogens is 608 g/mol. The number of nitrogens with zero attached hydrogens (tertiary/aromatic N) is 1. The molecule has 0 spiro atoms. The van der Waals surface area contributed by atoms with E-state index in [1.165, 1.54) is 49.5 Å². The highest BCUT2D eigenvalue weighted by Crippen LogP contribution is 2.42. The molecule has 0 bridgehead atoms. The van der Waals surface area contributed by atoms with Gasteiger partial charge in [-0.05, 0) is 98.2 Å². The number of hydrogen-bond donors (Lipinski definition) is 0. The highest BCUT2D eigenvalue weighted by molar-refractivity contribution is 7.01. The average Bonchev–Trinajstić information content (AvgIpc) is 3.12. The van der Waals surface area contributed by atoms with Crippen LogP contribution < -0.4 is 47.2 Å². The monoisotopic (exact) mass is 649 g/mol. The normalized spacial score (nSPS) is 13.7. The lowest BCUT2D eigenvalue weighted by atomic mass is 9.31. The Kier molecular flexibility index (Phi) is 7.24. The third-order valence-electron chi connectivity index (χ3n) is 11.0. The van der Waals surface area contributed by atoms with Gasteiger partial charge in [0.15, 0.2) is 0 Å². The van der Waals surface area contributed by atoms with E-state index in [-0.39, 0.29) is 13.4 Å². The minimum absolute atomic E-state index is 0.0155. The number of ether oxygens (including phenoxy) is 2. The van der Waals surface area contributed by atoms with Crippen molar-refractivity contribution in [2.45, 2.75) is 59.3 Å². The van der Waals surface area contributed by atoms with E-state index >= 15 is 0 Å². The smallest absolute Gasteiger partial charge is 0.256 e. The molecule has 0 N–H and O–H groups in total. The van der Waals surface area contributed by atoms with E-state index in [9.17, 15) is 0 Å². The lowest BCUT2D eigenvalue weighted by molar-refractivity contribution is 0.487. The summed E-state index contributed by atoms with van der Waals surface area (Å²) in [6, 6.07) is 44.2. The maximum absolute atomic E-state index is 6.95. The van der Waals surface area contributed by atoms with Crippen molar-refractivity contribution in [3.05, 3.63) is 138 Å². The van der Waals surface area contributed by atoms with Gasteiger partial charge in [-0.25, -0.2) is 0 Å². The largest absolute Gasteiger partial charge is 0.458 e. The van der Waals surface area contributed by atoms with Gasteiger partial charge in [0.25, 0.3) is 13.4 Å². The predicted octanol–water partition coefficient (Wildman–Crippen LogP) is 8.08. The predicted molar refractivity (Wildman–Crippen MR) is 212 cm³/mol. The fourth-order valence-electron chi connectivity index (χ4n) is 8.60. The summed E-state index contributed by atoms with van der Waals surface area (Å²) in [6.45, 7) is 14.1. The van der Waals surface area contributed by atoms with Gasteiger partial charge in [0.2, 0.25) is 0 Å². The van der Waals surface area contributed by atoms with Crippen LogP contribution in [0.15, 0.2) is 121 Å². The van der Waals surface area contributed by atoms with Gasteiger partial charge in [-0.2, -0.15) is 0 Å². The summed E-state index contributed by atoms with van der Waals surface area (Å²) in [5.74, 6) is 4.87. The van der Waals surface area contributed by atoms with E-state index in [1.54, 1.807) is 0 Å². The van der Waals surface area contributed by atoms with Crippen molar-refractivity contribution in [3.8, 4) is 23.0 Å². The summed E-state index contributed by atoms with van der Waals surface area (Å²) in [6.07, 6.45) is 0. The Morgan fingerprint density at radius 3 is 1.62 bits per heavy atom. The third-order valence-corrected chi connectivity index (χ3v) is 11.0. The lowest BCUT2D eigenvalue weighted by Crippen LogP contribution is -2.62. The van der Waals surface area contributed by atoms with Gasteiger partial charge in [0.05, 0.1) is 0 Å². The highest BCUT2D eigenvalue weighted by atomic mass is 16.5. The van der Waals surface area contributed by atoms with Gasteiger partial charge in [0, 0.05) is 23.1 Å². The van der Waals surface area contributed by atoms with E-state index < -0.39 is 0 Å². The molecule has 6 aromatic rings. The minimum atomic E-state index is 0.0155. The van der Waals surface area contributed by atoms with Crippen LogP contribution in [0.25, 0.3) is 0 Å². The molecule has 0 fully saturated rings. The molecular formula is C45H41B2NO2. The molecule has 6 aromatic carbocycles. The fraction of sp³-hybridized carbons (Fsp3) is 0.200. The first-order valence-electron chi connectivity index (χ1n) is 18.2. The Labute approximate surface area is 297 Å². The van der Waals surface area contributed by atoms with Crippen molar-refractivity contribution in [2.75, 3.05) is 4.90 Å². The molecule has 3 aliphatic heterocycles. The number of para-hydroxylation sites is 3. The maximum atomic E-state index is 6.95. The van der Waals surface area contributed by atoms with Gasteiger partial charge >= 0.3 is 0 Å². The second-order valence-electron chi connectivity index (χ2n) is 15.0. The molecule has 50 heavy (non-hydrogen) atoms. The molecule has 3 aliphatic rings. The molecule has 0 atom stereocenters. The van der Waals surface area contributed by atoms with E-state index in [0.29, 0.717) is 17.8 Å². The standard InChI is InChI=1S/C45H41B2NO2/c1-27(2)30-23-32(28(3)4)44(33(24-30)29(5)6)47-35-18-11-13-21-41(35)50-43-26-39-36(25-37(43)47)46-34-17-10-12-20-40(34)49-42-22-14-19-38(45(42)46)48(39)31-15-8-7-9-16-31/h7-29H,1-6H3. The van der Waals surface area contributed by atoms with Crippen molar-refractivity contribution in [1.29, 1.82) is 0 Å². The molecule has 3 nitrogen and oxygen atoms in total. The molecule has 244 valence electrons. The van der Waals surface area contributed by atoms with Crippen molar-refractivity contribution in [1.82, 2.24) is 0 Å². The van der Waals surface area contributed by atoms with Crippen LogP contribution in [0.3, 0.4) is 0 Å². The molecule has 0 amide bonds. The van der Waals surface area contributed by atoms with Crippen molar-refractivity contribution >= 4 is 63.3 Å². The third kappa shape index (κ3) is 4.66. The Bertz CT molecular complexity index is 2260. The highest BCUT2D eigenvalue weighted by Gasteiger charge is 2.44. The van der Waals surface area contributed by atoms with Crippen LogP contribution in [-0.4, -0.2) is 13.4 Å². The Balaban J connectivity index is 1.37. The Morgan fingerprint density at radius 1 is 0.440 bits per heavy atom. The number of benzene rings is 6. The zero-order chi connectivity index (χ0) is 34.3. The molecule has 0 saturated heterocycles. The molecule has 0 aromatic heterocycles. The molecule has 0 radical (unpaired) electrons. The van der Waals surface area contributed by atoms with Crippen molar-refractivity contribution in [3.63, 3.8) is 0 Å². The summed E-state index contributed by atoms with van der Waals surface area (Å²) in [4.78, 5) is 2.40. The number of anilines is 3. The van der Waals surface area contributed by atoms with Gasteiger partial charge in [-0.15, -0.1) is 0 Å². The number of rotatable bonds is 5. The van der Waals surface area contributed by atoms with Gasteiger partial charge < -0.3 is 14.4 Å². The topological polar surface area (TPSA) is 21.7 Å². The summed E-state index contributed by atoms with van der Waals surface area (Å²) in [5.41, 5.74) is 15.2. The zero-order valence-electron chi connectivity index (χ0n) is 29.7. The van der Waals surface area contributed by atoms with E-state index in [2.05, 4.69) is 168 Å². The fourth-order valence-corrected chi connectivity index (χ4v) is 8.60. The molecule has 3 heterocycles. The Hall–Kier alpha value is -5.15. The number of hydrogen-bond acceptors (Lipinski definition) is 3. The van der Waals surface area contributed by atoms with Gasteiger partial charge in [-0.3, -0.25) is 0 Å². The summed E-state index contributed by atoms with van der Waals surface area (Å²) < 4.78 is 13.6. The summed E-state index contributed by atoms with van der Waals surface area (Å²) >= 11 is 0. The first kappa shape index (κ1) is 30.9. The van der Waals surface area contributed by atoms with Gasteiger partial charge in [-0.1, -0.05) is 126 Å². The molecule has 9 rings (SSSR count). The van der Waals surface area contributed by atoms with Crippen molar-refractivity contribution < 1.29 is 9.47 Å². The second kappa shape index (κ2) is 11.7. The van der Waals surface area contributed by atoms with Crippen LogP contribution in [0.4, 0.5) is 17.1 Å². The quantitative estimate of drug-likeness (QED) is 0.176. The average molecular weight is 649 g/mol. The SMILES string of the molecule is CC(C)c1cc(C(C)C)c(B2c3ccccc3Oc3cc4c(cc32)B2c3ccccc3Oc3cccc(c32)N4c2ccccc2)c(C(C)C)c1. The lowest BCUT2D eigenvalue weighted by Gasteiger charge is -2.41. The van der Waals surface area contributed by atoms with Crippen LogP contribution in [0.2, 0.25) is 0 Å². The van der Waals surface area contributed by atoms with E-state index in [0.717, 1.165) is 40.1 Å². The van der Waals surface area contributed by atoms with Crippen LogP contribution in [0.5, 0.6) is 23.0 Å². The van der Waals surface area contributed by atoms with Crippen LogP contribution >= 0.6 is 0 Å². The molecule has 0 unspecified atom stereocenters. The maximum Gasteiger partial charge on any atom is 0.256 e. The number of fused-ring (bicyclic) bond motifs is 6. The van der Waals surface area contributed by atoms with E-state index in [1.807, 2.05) is 0 Å².